The van der Waals surface area contributed by atoms with Gasteiger partial charge in [-0.15, -0.1) is 0 Å². The van der Waals surface area contributed by atoms with Crippen molar-refractivity contribution in [1.29, 1.82) is 0 Å². The number of fused-ring (bicyclic) bond motifs is 3. The van der Waals surface area contributed by atoms with Crippen molar-refractivity contribution in [2.24, 2.45) is 0 Å². The number of carboxylic acids is 1. The molecule has 1 aliphatic rings. The Morgan fingerprint density at radius 2 is 2.06 bits per heavy atom. The number of carbonyl (C=O) groups is 2. The summed E-state index contributed by atoms with van der Waals surface area (Å²) in [7, 11) is 0. The Labute approximate surface area is 186 Å². The second-order valence-electron chi connectivity index (χ2n) is 7.85. The maximum atomic E-state index is 12.9. The Bertz CT molecular complexity index is 1380. The zero-order valence-corrected chi connectivity index (χ0v) is 17.2. The first-order chi connectivity index (χ1) is 15.9. The lowest BCUT2D eigenvalue weighted by atomic mass is 9.93. The number of hydrogen-bond acceptors (Lipinski definition) is 5. The molecule has 7 nitrogen and oxygen atoms in total. The van der Waals surface area contributed by atoms with Crippen LogP contribution >= 0.6 is 0 Å². The number of ether oxygens (including phenoxy) is 1. The van der Waals surface area contributed by atoms with Gasteiger partial charge < -0.3 is 19.2 Å². The summed E-state index contributed by atoms with van der Waals surface area (Å²) in [5.41, 5.74) is 2.11. The van der Waals surface area contributed by atoms with Crippen molar-refractivity contribution in [3.8, 4) is 5.75 Å². The van der Waals surface area contributed by atoms with Crippen molar-refractivity contribution in [2.45, 2.75) is 25.5 Å². The van der Waals surface area contributed by atoms with Crippen LogP contribution in [0.25, 0.3) is 21.9 Å². The van der Waals surface area contributed by atoms with E-state index in [9.17, 15) is 23.5 Å². The van der Waals surface area contributed by atoms with Gasteiger partial charge in [0.2, 0.25) is 5.91 Å². The Balaban J connectivity index is 1.53. The fraction of sp³-hybridized carbons (Fsp3) is 0.208. The molecule has 33 heavy (non-hydrogen) atoms. The number of carbonyl (C=O) groups excluding carboxylic acids is 1. The van der Waals surface area contributed by atoms with Crippen LogP contribution in [0.5, 0.6) is 5.75 Å². The Kier molecular flexibility index (Phi) is 5.16. The van der Waals surface area contributed by atoms with Gasteiger partial charge in [0, 0.05) is 48.6 Å². The van der Waals surface area contributed by atoms with Crippen molar-refractivity contribution < 1.29 is 32.6 Å². The minimum atomic E-state index is -3.01. The molecule has 0 saturated carbocycles. The van der Waals surface area contributed by atoms with Crippen LogP contribution in [0.2, 0.25) is 0 Å². The molecule has 0 spiro atoms. The van der Waals surface area contributed by atoms with Crippen LogP contribution in [0, 0.1) is 0 Å². The molecule has 0 aliphatic carbocycles. The highest BCUT2D eigenvalue weighted by Gasteiger charge is 2.33. The van der Waals surface area contributed by atoms with Gasteiger partial charge in [0.15, 0.2) is 11.3 Å². The molecular formula is C24H18F2N2O5. The third-order valence-electron chi connectivity index (χ3n) is 5.90. The number of alkyl halides is 2. The minimum absolute atomic E-state index is 0.0866. The van der Waals surface area contributed by atoms with Crippen LogP contribution < -0.4 is 4.74 Å². The Hall–Kier alpha value is -4.01. The van der Waals surface area contributed by atoms with Gasteiger partial charge in [-0.3, -0.25) is 9.78 Å². The first-order valence-corrected chi connectivity index (χ1v) is 10.2. The van der Waals surface area contributed by atoms with Crippen molar-refractivity contribution in [1.82, 2.24) is 9.88 Å². The van der Waals surface area contributed by atoms with Gasteiger partial charge >= 0.3 is 12.6 Å². The van der Waals surface area contributed by atoms with Crippen LogP contribution in [-0.4, -0.2) is 40.0 Å². The first-order valence-electron chi connectivity index (χ1n) is 10.2. The zero-order valence-electron chi connectivity index (χ0n) is 17.2. The third kappa shape index (κ3) is 3.75. The zero-order chi connectivity index (χ0) is 23.1. The fourth-order valence-corrected chi connectivity index (χ4v) is 4.46. The van der Waals surface area contributed by atoms with E-state index in [0.29, 0.717) is 28.5 Å². The summed E-state index contributed by atoms with van der Waals surface area (Å²) in [6.45, 7) is -2.49. The number of pyridine rings is 1. The summed E-state index contributed by atoms with van der Waals surface area (Å²) < 4.78 is 36.3. The van der Waals surface area contributed by atoms with Crippen LogP contribution in [0.3, 0.4) is 0 Å². The summed E-state index contributed by atoms with van der Waals surface area (Å²) in [6, 6.07) is 11.3. The molecule has 0 radical (unpaired) electrons. The number of aromatic nitrogens is 1. The normalized spacial score (nSPS) is 16.3. The summed E-state index contributed by atoms with van der Waals surface area (Å²) in [4.78, 5) is 30.1. The van der Waals surface area contributed by atoms with Gasteiger partial charge in [-0.1, -0.05) is 24.3 Å². The highest BCUT2D eigenvalue weighted by molar-refractivity contribution is 6.08. The summed E-state index contributed by atoms with van der Waals surface area (Å²) in [6.07, 6.45) is 3.33. The predicted octanol–water partition coefficient (Wildman–Crippen LogP) is 4.80. The number of rotatable bonds is 6. The summed E-state index contributed by atoms with van der Waals surface area (Å²) >= 11 is 0. The smallest absolute Gasteiger partial charge is 0.387 e. The second kappa shape index (κ2) is 8.16. The molecular weight excluding hydrogens is 434 g/mol. The molecule has 168 valence electrons. The van der Waals surface area contributed by atoms with E-state index in [1.54, 1.807) is 47.6 Å². The molecule has 3 heterocycles. The molecule has 1 aliphatic heterocycles. The lowest BCUT2D eigenvalue weighted by Gasteiger charge is -2.18. The number of amides is 1. The van der Waals surface area contributed by atoms with E-state index in [2.05, 4.69) is 9.72 Å². The molecule has 1 N–H and O–H groups in total. The quantitative estimate of drug-likeness (QED) is 0.452. The molecule has 1 atom stereocenters. The average molecular weight is 452 g/mol. The molecule has 0 bridgehead atoms. The highest BCUT2D eigenvalue weighted by atomic mass is 19.3. The van der Waals surface area contributed by atoms with Gasteiger partial charge in [-0.05, 0) is 29.3 Å². The minimum Gasteiger partial charge on any atom is -0.478 e. The number of nitrogens with zero attached hydrogens (tertiary/aromatic N) is 2. The van der Waals surface area contributed by atoms with Crippen LogP contribution in [0.4, 0.5) is 8.78 Å². The number of likely N-dealkylation sites (tertiary alicyclic amines) is 1. The van der Waals surface area contributed by atoms with Gasteiger partial charge in [0.05, 0.1) is 5.56 Å². The third-order valence-corrected chi connectivity index (χ3v) is 5.90. The van der Waals surface area contributed by atoms with Crippen molar-refractivity contribution in [3.05, 3.63) is 71.5 Å². The number of aromatic carboxylic acids is 1. The van der Waals surface area contributed by atoms with E-state index < -0.39 is 12.6 Å². The largest absolute Gasteiger partial charge is 0.478 e. The molecule has 9 heteroatoms. The Morgan fingerprint density at radius 3 is 2.85 bits per heavy atom. The van der Waals surface area contributed by atoms with Gasteiger partial charge in [-0.2, -0.15) is 8.78 Å². The number of carboxylic acid groups (broad SMARTS) is 1. The van der Waals surface area contributed by atoms with Crippen LogP contribution in [-0.2, 0) is 11.3 Å². The monoisotopic (exact) mass is 452 g/mol. The maximum Gasteiger partial charge on any atom is 0.387 e. The lowest BCUT2D eigenvalue weighted by molar-refractivity contribution is -0.128. The molecule has 2 aromatic carbocycles. The van der Waals surface area contributed by atoms with E-state index in [0.717, 1.165) is 5.56 Å². The van der Waals surface area contributed by atoms with Crippen molar-refractivity contribution >= 4 is 33.8 Å². The number of furan rings is 1. The van der Waals surface area contributed by atoms with E-state index in [1.807, 2.05) is 0 Å². The second-order valence-corrected chi connectivity index (χ2v) is 7.85. The van der Waals surface area contributed by atoms with E-state index >= 15 is 0 Å². The van der Waals surface area contributed by atoms with E-state index in [1.165, 1.54) is 12.1 Å². The lowest BCUT2D eigenvalue weighted by Crippen LogP contribution is -2.25. The summed E-state index contributed by atoms with van der Waals surface area (Å²) in [5, 5.41) is 10.7. The molecule has 5 rings (SSSR count). The van der Waals surface area contributed by atoms with Crippen LogP contribution in [0.1, 0.15) is 33.8 Å². The number of hydrogen-bond donors (Lipinski definition) is 1. The molecule has 2 aromatic heterocycles. The molecule has 1 unspecified atom stereocenters. The van der Waals surface area contributed by atoms with Gasteiger partial charge in [-0.25, -0.2) is 4.79 Å². The summed E-state index contributed by atoms with van der Waals surface area (Å²) in [5.74, 6) is -1.50. The standard InChI is InChI=1S/C24H18F2N2O5/c25-24(26)33-19-6-5-15(21-17-10-27-8-7-18(17)32-22(19)21)14-9-20(29)28(12-14)11-13-3-1-2-4-16(13)23(30)31/h1-8,10,14,24H,9,11-12H2,(H,30,31). The molecule has 4 aromatic rings. The van der Waals surface area contributed by atoms with Gasteiger partial charge in [0.25, 0.3) is 0 Å². The van der Waals surface area contributed by atoms with Crippen LogP contribution in [0.15, 0.2) is 59.3 Å². The number of halogens is 2. The highest BCUT2D eigenvalue weighted by Crippen LogP contribution is 2.42. The first kappa shape index (κ1) is 20.9. The van der Waals surface area contributed by atoms with Crippen molar-refractivity contribution in [2.75, 3.05) is 6.54 Å². The van der Waals surface area contributed by atoms with E-state index in [-0.39, 0.29) is 41.7 Å². The topological polar surface area (TPSA) is 92.9 Å². The fourth-order valence-electron chi connectivity index (χ4n) is 4.46. The maximum absolute atomic E-state index is 12.9. The average Bonchev–Trinajstić information content (AvgIpc) is 3.35. The SMILES string of the molecule is O=C(O)c1ccccc1CN1CC(c2ccc(OC(F)F)c3oc4ccncc4c23)CC1=O. The van der Waals surface area contributed by atoms with E-state index in [4.69, 9.17) is 4.42 Å². The van der Waals surface area contributed by atoms with Crippen molar-refractivity contribution in [3.63, 3.8) is 0 Å². The van der Waals surface area contributed by atoms with Gasteiger partial charge in [0.1, 0.15) is 5.58 Å². The molecule has 1 fully saturated rings. The number of benzene rings is 2. The Morgan fingerprint density at radius 1 is 1.24 bits per heavy atom. The predicted molar refractivity (Wildman–Crippen MR) is 114 cm³/mol. The molecule has 1 amide bonds. The molecule has 1 saturated heterocycles.